The fraction of sp³-hybridized carbons (Fsp3) is 0.467. The van der Waals surface area contributed by atoms with Crippen LogP contribution in [0.5, 0.6) is 5.75 Å². The second-order valence-electron chi connectivity index (χ2n) is 5.23. The number of methoxy groups -OCH3 is 1. The second-order valence-corrected chi connectivity index (χ2v) is 5.23. The van der Waals surface area contributed by atoms with Crippen molar-refractivity contribution < 1.29 is 19.1 Å². The number of amides is 3. The van der Waals surface area contributed by atoms with Crippen LogP contribution in [-0.4, -0.2) is 56.3 Å². The molecule has 2 rings (SSSR count). The van der Waals surface area contributed by atoms with Gasteiger partial charge in [-0.1, -0.05) is 0 Å². The third-order valence-electron chi connectivity index (χ3n) is 3.63. The summed E-state index contributed by atoms with van der Waals surface area (Å²) in [5, 5.41) is 2.76. The highest BCUT2D eigenvalue weighted by atomic mass is 16.5. The third kappa shape index (κ3) is 4.33. The fourth-order valence-corrected chi connectivity index (χ4v) is 2.45. The molecular weight excluding hydrogens is 300 g/mol. The number of benzene rings is 1. The molecule has 3 amide bonds. The van der Waals surface area contributed by atoms with Gasteiger partial charge in [-0.05, 0) is 31.2 Å². The van der Waals surface area contributed by atoms with Crippen molar-refractivity contribution in [3.8, 4) is 5.75 Å². The van der Waals surface area contributed by atoms with E-state index in [2.05, 4.69) is 5.32 Å². The minimum Gasteiger partial charge on any atom is -0.496 e. The average Bonchev–Trinajstić information content (AvgIpc) is 2.55. The van der Waals surface area contributed by atoms with Gasteiger partial charge in [-0.15, -0.1) is 0 Å². The lowest BCUT2D eigenvalue weighted by Crippen LogP contribution is -2.47. The first kappa shape index (κ1) is 17.0. The second kappa shape index (κ2) is 7.80. The highest BCUT2D eigenvalue weighted by molar-refractivity contribution is 5.98. The van der Waals surface area contributed by atoms with Crippen LogP contribution in [0.3, 0.4) is 0 Å². The maximum absolute atomic E-state index is 12.3. The minimum atomic E-state index is -0.618. The Balaban J connectivity index is 2.05. The zero-order valence-corrected chi connectivity index (χ0v) is 13.1. The summed E-state index contributed by atoms with van der Waals surface area (Å²) in [5.41, 5.74) is 11.5. The van der Waals surface area contributed by atoms with Crippen LogP contribution < -0.4 is 21.5 Å². The molecular formula is C15H22N4O4. The minimum absolute atomic E-state index is 0.0449. The Kier molecular flexibility index (Phi) is 5.78. The van der Waals surface area contributed by atoms with E-state index in [0.29, 0.717) is 44.1 Å². The lowest BCUT2D eigenvalue weighted by Gasteiger charge is -2.32. The van der Waals surface area contributed by atoms with Crippen LogP contribution in [0.4, 0.5) is 10.5 Å². The van der Waals surface area contributed by atoms with Gasteiger partial charge in [0.1, 0.15) is 5.75 Å². The molecule has 0 bridgehead atoms. The van der Waals surface area contributed by atoms with E-state index in [1.807, 2.05) is 0 Å². The van der Waals surface area contributed by atoms with Gasteiger partial charge in [-0.2, -0.15) is 0 Å². The maximum Gasteiger partial charge on any atom is 0.322 e. The van der Waals surface area contributed by atoms with Gasteiger partial charge in [0.2, 0.25) is 0 Å². The highest BCUT2D eigenvalue weighted by Gasteiger charge is 2.24. The third-order valence-corrected chi connectivity index (χ3v) is 3.63. The number of morpholine rings is 1. The Morgan fingerprint density at radius 1 is 1.48 bits per heavy atom. The zero-order chi connectivity index (χ0) is 16.8. The number of rotatable bonds is 5. The summed E-state index contributed by atoms with van der Waals surface area (Å²) < 4.78 is 10.6. The van der Waals surface area contributed by atoms with E-state index in [1.165, 1.54) is 13.2 Å². The molecule has 1 aromatic rings. The zero-order valence-electron chi connectivity index (χ0n) is 13.1. The number of nitrogens with two attached hydrogens (primary N) is 2. The van der Waals surface area contributed by atoms with Crippen molar-refractivity contribution in [3.05, 3.63) is 23.8 Å². The number of ether oxygens (including phenoxy) is 2. The van der Waals surface area contributed by atoms with Crippen LogP contribution >= 0.6 is 0 Å². The molecule has 0 saturated carbocycles. The first-order chi connectivity index (χ1) is 11.0. The number of hydrogen-bond donors (Lipinski definition) is 3. The number of anilines is 1. The summed E-state index contributed by atoms with van der Waals surface area (Å²) in [5.74, 6) is -0.253. The van der Waals surface area contributed by atoms with E-state index in [1.54, 1.807) is 17.0 Å². The van der Waals surface area contributed by atoms with Gasteiger partial charge in [-0.25, -0.2) is 4.79 Å². The molecule has 0 aliphatic carbocycles. The van der Waals surface area contributed by atoms with Crippen LogP contribution in [0, 0.1) is 0 Å². The monoisotopic (exact) mass is 322 g/mol. The predicted molar refractivity (Wildman–Crippen MR) is 85.5 cm³/mol. The molecule has 1 saturated heterocycles. The lowest BCUT2D eigenvalue weighted by atomic mass is 10.1. The topological polar surface area (TPSA) is 120 Å². The summed E-state index contributed by atoms with van der Waals surface area (Å²) in [6, 6.07) is 4.49. The van der Waals surface area contributed by atoms with Crippen molar-refractivity contribution in [2.45, 2.75) is 12.5 Å². The van der Waals surface area contributed by atoms with E-state index in [-0.39, 0.29) is 17.7 Å². The number of primary amides is 1. The number of carbonyl (C=O) groups is 2. The summed E-state index contributed by atoms with van der Waals surface area (Å²) in [4.78, 5) is 25.4. The van der Waals surface area contributed by atoms with Gasteiger partial charge in [0, 0.05) is 18.8 Å². The van der Waals surface area contributed by atoms with Crippen molar-refractivity contribution in [3.63, 3.8) is 0 Å². The molecule has 1 aliphatic rings. The van der Waals surface area contributed by atoms with E-state index in [9.17, 15) is 9.59 Å². The van der Waals surface area contributed by atoms with E-state index in [0.717, 1.165) is 0 Å². The molecule has 1 aromatic carbocycles. The number of hydrogen-bond acceptors (Lipinski definition) is 5. The molecule has 23 heavy (non-hydrogen) atoms. The molecule has 1 heterocycles. The molecule has 1 unspecified atom stereocenters. The number of nitrogens with one attached hydrogen (secondary N) is 1. The standard InChI is InChI=1S/C15H22N4O4/c1-22-13-3-2-10(8-12(13)14(17)20)18-15(21)19-6-7-23-11(9-19)4-5-16/h2-3,8,11H,4-7,9,16H2,1H3,(H2,17,20)(H,18,21). The molecule has 1 fully saturated rings. The van der Waals surface area contributed by atoms with Gasteiger partial charge >= 0.3 is 6.03 Å². The Hall–Kier alpha value is -2.32. The number of nitrogens with zero attached hydrogens (tertiary/aromatic N) is 1. The smallest absolute Gasteiger partial charge is 0.322 e. The van der Waals surface area contributed by atoms with Gasteiger partial charge < -0.3 is 31.2 Å². The summed E-state index contributed by atoms with van der Waals surface area (Å²) in [6.45, 7) is 1.99. The SMILES string of the molecule is COc1ccc(NC(=O)N2CCOC(CCN)C2)cc1C(N)=O. The fourth-order valence-electron chi connectivity index (χ4n) is 2.45. The molecule has 1 atom stereocenters. The van der Waals surface area contributed by atoms with Crippen LogP contribution in [0.25, 0.3) is 0 Å². The molecule has 1 aliphatic heterocycles. The number of urea groups is 1. The normalized spacial score (nSPS) is 17.7. The van der Waals surface area contributed by atoms with Crippen LogP contribution in [0.15, 0.2) is 18.2 Å². The summed E-state index contributed by atoms with van der Waals surface area (Å²) in [7, 11) is 1.45. The van der Waals surface area contributed by atoms with Gasteiger partial charge in [-0.3, -0.25) is 4.79 Å². The van der Waals surface area contributed by atoms with Gasteiger partial charge in [0.25, 0.3) is 5.91 Å². The number of carbonyl (C=O) groups excluding carboxylic acids is 2. The van der Waals surface area contributed by atoms with E-state index in [4.69, 9.17) is 20.9 Å². The van der Waals surface area contributed by atoms with Crippen LogP contribution in [-0.2, 0) is 4.74 Å². The average molecular weight is 322 g/mol. The highest BCUT2D eigenvalue weighted by Crippen LogP contribution is 2.22. The largest absolute Gasteiger partial charge is 0.496 e. The van der Waals surface area contributed by atoms with Crippen molar-refractivity contribution >= 4 is 17.6 Å². The molecule has 0 aromatic heterocycles. The maximum atomic E-state index is 12.3. The predicted octanol–water partition coefficient (Wildman–Crippen LogP) is 0.376. The Bertz CT molecular complexity index is 577. The first-order valence-electron chi connectivity index (χ1n) is 7.40. The Morgan fingerprint density at radius 3 is 2.91 bits per heavy atom. The quantitative estimate of drug-likeness (QED) is 0.723. The van der Waals surface area contributed by atoms with Crippen molar-refractivity contribution in [2.24, 2.45) is 11.5 Å². The summed E-state index contributed by atoms with van der Waals surface area (Å²) >= 11 is 0. The van der Waals surface area contributed by atoms with Crippen molar-refractivity contribution in [1.29, 1.82) is 0 Å². The van der Waals surface area contributed by atoms with Crippen molar-refractivity contribution in [2.75, 3.05) is 38.7 Å². The molecule has 8 heteroatoms. The van der Waals surface area contributed by atoms with Crippen molar-refractivity contribution in [1.82, 2.24) is 4.90 Å². The molecule has 0 radical (unpaired) electrons. The first-order valence-corrected chi connectivity index (χ1v) is 7.40. The van der Waals surface area contributed by atoms with Crippen LogP contribution in [0.1, 0.15) is 16.8 Å². The van der Waals surface area contributed by atoms with Gasteiger partial charge in [0.15, 0.2) is 0 Å². The Labute approximate surface area is 134 Å². The molecule has 5 N–H and O–H groups in total. The van der Waals surface area contributed by atoms with E-state index >= 15 is 0 Å². The molecule has 126 valence electrons. The summed E-state index contributed by atoms with van der Waals surface area (Å²) in [6.07, 6.45) is 0.662. The molecule has 8 nitrogen and oxygen atoms in total. The lowest BCUT2D eigenvalue weighted by molar-refractivity contribution is -0.0146. The van der Waals surface area contributed by atoms with Crippen LogP contribution in [0.2, 0.25) is 0 Å². The Morgan fingerprint density at radius 2 is 2.26 bits per heavy atom. The molecule has 0 spiro atoms. The van der Waals surface area contributed by atoms with Gasteiger partial charge in [0.05, 0.1) is 25.4 Å². The van der Waals surface area contributed by atoms with E-state index < -0.39 is 5.91 Å².